The van der Waals surface area contributed by atoms with Crippen LogP contribution in [0.2, 0.25) is 0 Å². The van der Waals surface area contributed by atoms with Gasteiger partial charge < -0.3 is 14.2 Å². The van der Waals surface area contributed by atoms with E-state index < -0.39 is 6.10 Å². The zero-order chi connectivity index (χ0) is 41.5. The van der Waals surface area contributed by atoms with Crippen molar-refractivity contribution < 1.29 is 28.6 Å². The average Bonchev–Trinajstić information content (AvgIpc) is 3.21. The first-order chi connectivity index (χ1) is 28.0. The van der Waals surface area contributed by atoms with Gasteiger partial charge in [0.1, 0.15) is 13.2 Å². The maximum Gasteiger partial charge on any atom is 0.306 e. The number of rotatable bonds is 44. The van der Waals surface area contributed by atoms with E-state index in [0.29, 0.717) is 19.3 Å². The molecule has 0 heterocycles. The van der Waals surface area contributed by atoms with Crippen molar-refractivity contribution in [2.75, 3.05) is 13.2 Å². The summed E-state index contributed by atoms with van der Waals surface area (Å²) >= 11 is 0. The number of ether oxygens (including phenoxy) is 3. The normalized spacial score (nSPS) is 12.3. The molecule has 0 aliphatic heterocycles. The number of hydrogen-bond donors (Lipinski definition) is 0. The molecule has 0 aliphatic rings. The Hall–Kier alpha value is -2.37. The van der Waals surface area contributed by atoms with Gasteiger partial charge in [0.05, 0.1) is 0 Å². The van der Waals surface area contributed by atoms with Gasteiger partial charge in [-0.2, -0.15) is 0 Å². The van der Waals surface area contributed by atoms with Gasteiger partial charge >= 0.3 is 17.9 Å². The monoisotopic (exact) mass is 801 g/mol. The lowest BCUT2D eigenvalue weighted by Gasteiger charge is -2.18. The highest BCUT2D eigenvalue weighted by Crippen LogP contribution is 2.15. The van der Waals surface area contributed by atoms with Gasteiger partial charge in [-0.15, -0.1) is 0 Å². The number of hydrogen-bond acceptors (Lipinski definition) is 6. The van der Waals surface area contributed by atoms with E-state index in [2.05, 4.69) is 57.2 Å². The van der Waals surface area contributed by atoms with Crippen molar-refractivity contribution in [3.05, 3.63) is 36.5 Å². The predicted octanol–water partition coefficient (Wildman–Crippen LogP) is 15.8. The molecule has 0 fully saturated rings. The fraction of sp³-hybridized carbons (Fsp3) is 0.824. The van der Waals surface area contributed by atoms with Gasteiger partial charge in [0.15, 0.2) is 6.10 Å². The number of carbonyl (C=O) groups is 3. The molecule has 332 valence electrons. The summed E-state index contributed by atoms with van der Waals surface area (Å²) in [4.78, 5) is 37.8. The maximum atomic E-state index is 12.7. The van der Waals surface area contributed by atoms with Crippen LogP contribution in [0.1, 0.15) is 252 Å². The smallest absolute Gasteiger partial charge is 0.306 e. The Morgan fingerprint density at radius 3 is 1.07 bits per heavy atom. The SMILES string of the molecule is CC/C=C\C/C=C\C/C=C\CCCCCCCCCC(=O)OCC(COC(=O)CCCCCCCCCCCC)OC(=O)CCCCCCCCCCCCCC. The molecular weight excluding hydrogens is 709 g/mol. The maximum absolute atomic E-state index is 12.7. The van der Waals surface area contributed by atoms with E-state index in [1.807, 2.05) is 0 Å². The molecule has 0 aromatic carbocycles. The zero-order valence-corrected chi connectivity index (χ0v) is 37.9. The molecule has 57 heavy (non-hydrogen) atoms. The van der Waals surface area contributed by atoms with Crippen molar-refractivity contribution in [2.45, 2.75) is 258 Å². The van der Waals surface area contributed by atoms with E-state index in [1.54, 1.807) is 0 Å². The summed E-state index contributed by atoms with van der Waals surface area (Å²) in [6.45, 7) is 6.51. The van der Waals surface area contributed by atoms with Gasteiger partial charge in [-0.1, -0.05) is 218 Å². The summed E-state index contributed by atoms with van der Waals surface area (Å²) in [6.07, 6.45) is 52.7. The zero-order valence-electron chi connectivity index (χ0n) is 37.9. The van der Waals surface area contributed by atoms with Crippen LogP contribution in [0.3, 0.4) is 0 Å². The average molecular weight is 801 g/mol. The van der Waals surface area contributed by atoms with Crippen LogP contribution >= 0.6 is 0 Å². The highest BCUT2D eigenvalue weighted by molar-refractivity contribution is 5.71. The third-order valence-corrected chi connectivity index (χ3v) is 10.7. The Bertz CT molecular complexity index is 969. The first-order valence-electron chi connectivity index (χ1n) is 24.5. The quantitative estimate of drug-likeness (QED) is 0.0264. The van der Waals surface area contributed by atoms with Gasteiger partial charge in [0.2, 0.25) is 0 Å². The van der Waals surface area contributed by atoms with E-state index in [4.69, 9.17) is 14.2 Å². The lowest BCUT2D eigenvalue weighted by molar-refractivity contribution is -0.167. The summed E-state index contributed by atoms with van der Waals surface area (Å²) in [6, 6.07) is 0. The highest BCUT2D eigenvalue weighted by atomic mass is 16.6. The van der Waals surface area contributed by atoms with Crippen LogP contribution in [0.15, 0.2) is 36.5 Å². The summed E-state index contributed by atoms with van der Waals surface area (Å²) in [5.41, 5.74) is 0. The second-order valence-corrected chi connectivity index (χ2v) is 16.4. The second kappa shape index (κ2) is 46.3. The van der Waals surface area contributed by atoms with Crippen LogP contribution in [0.25, 0.3) is 0 Å². The Kier molecular flexibility index (Phi) is 44.4. The molecule has 0 saturated carbocycles. The first kappa shape index (κ1) is 54.6. The highest BCUT2D eigenvalue weighted by Gasteiger charge is 2.19. The van der Waals surface area contributed by atoms with Crippen molar-refractivity contribution >= 4 is 17.9 Å². The van der Waals surface area contributed by atoms with Crippen LogP contribution in [0, 0.1) is 0 Å². The Balaban J connectivity index is 4.32. The Morgan fingerprint density at radius 1 is 0.368 bits per heavy atom. The molecule has 0 rings (SSSR count). The molecule has 0 aromatic heterocycles. The van der Waals surface area contributed by atoms with Crippen molar-refractivity contribution in [1.29, 1.82) is 0 Å². The van der Waals surface area contributed by atoms with Crippen LogP contribution in [-0.2, 0) is 28.6 Å². The van der Waals surface area contributed by atoms with Crippen molar-refractivity contribution in [2.24, 2.45) is 0 Å². The molecular formula is C51H92O6. The third-order valence-electron chi connectivity index (χ3n) is 10.7. The molecule has 1 atom stereocenters. The fourth-order valence-corrected chi connectivity index (χ4v) is 6.99. The predicted molar refractivity (Wildman–Crippen MR) is 242 cm³/mol. The number of unbranched alkanes of at least 4 members (excludes halogenated alkanes) is 27. The van der Waals surface area contributed by atoms with E-state index >= 15 is 0 Å². The molecule has 0 radical (unpaired) electrons. The minimum Gasteiger partial charge on any atom is -0.462 e. The van der Waals surface area contributed by atoms with E-state index in [0.717, 1.165) is 83.5 Å². The van der Waals surface area contributed by atoms with Gasteiger partial charge in [-0.3, -0.25) is 14.4 Å². The molecule has 1 unspecified atom stereocenters. The lowest BCUT2D eigenvalue weighted by atomic mass is 10.0. The van der Waals surface area contributed by atoms with E-state index in [9.17, 15) is 14.4 Å². The van der Waals surface area contributed by atoms with E-state index in [-0.39, 0.29) is 31.1 Å². The fourth-order valence-electron chi connectivity index (χ4n) is 6.99. The molecule has 0 amide bonds. The number of carbonyl (C=O) groups excluding carboxylic acids is 3. The molecule has 6 heteroatoms. The molecule has 0 N–H and O–H groups in total. The van der Waals surface area contributed by atoms with Gasteiger partial charge in [-0.25, -0.2) is 0 Å². The van der Waals surface area contributed by atoms with Crippen molar-refractivity contribution in [3.8, 4) is 0 Å². The van der Waals surface area contributed by atoms with Crippen molar-refractivity contribution in [3.63, 3.8) is 0 Å². The van der Waals surface area contributed by atoms with Gasteiger partial charge in [-0.05, 0) is 51.4 Å². The third kappa shape index (κ3) is 44.6. The second-order valence-electron chi connectivity index (χ2n) is 16.4. The summed E-state index contributed by atoms with van der Waals surface area (Å²) in [5, 5.41) is 0. The minimum absolute atomic E-state index is 0.0716. The molecule has 0 aliphatic carbocycles. The topological polar surface area (TPSA) is 78.9 Å². The van der Waals surface area contributed by atoms with Crippen LogP contribution in [0.4, 0.5) is 0 Å². The van der Waals surface area contributed by atoms with Crippen molar-refractivity contribution in [1.82, 2.24) is 0 Å². The molecule has 0 saturated heterocycles. The summed E-state index contributed by atoms with van der Waals surface area (Å²) in [5.74, 6) is -0.876. The summed E-state index contributed by atoms with van der Waals surface area (Å²) < 4.78 is 16.7. The van der Waals surface area contributed by atoms with Gasteiger partial charge in [0.25, 0.3) is 0 Å². The molecule has 0 aromatic rings. The lowest BCUT2D eigenvalue weighted by Crippen LogP contribution is -2.30. The first-order valence-corrected chi connectivity index (χ1v) is 24.5. The molecule has 0 bridgehead atoms. The molecule has 6 nitrogen and oxygen atoms in total. The van der Waals surface area contributed by atoms with Crippen LogP contribution < -0.4 is 0 Å². The van der Waals surface area contributed by atoms with Crippen LogP contribution in [-0.4, -0.2) is 37.2 Å². The standard InChI is InChI=1S/C51H92O6/c1-4-7-10-13-16-19-22-24-25-26-27-28-30-32-35-38-41-44-50(53)56-47-48(46-55-49(52)43-40-37-34-31-21-18-15-12-9-6-3)57-51(54)45-42-39-36-33-29-23-20-17-14-11-8-5-2/h7,10,16,19,24-25,48H,4-6,8-9,11-15,17-18,20-23,26-47H2,1-3H3/b10-7-,19-16-,25-24-. The van der Waals surface area contributed by atoms with Gasteiger partial charge in [0, 0.05) is 19.3 Å². The largest absolute Gasteiger partial charge is 0.462 e. The summed E-state index contributed by atoms with van der Waals surface area (Å²) in [7, 11) is 0. The number of allylic oxidation sites excluding steroid dienone is 6. The minimum atomic E-state index is -0.769. The number of esters is 3. The van der Waals surface area contributed by atoms with Crippen LogP contribution in [0.5, 0.6) is 0 Å². The molecule has 0 spiro atoms. The Labute approximate surface area is 353 Å². The Morgan fingerprint density at radius 2 is 0.684 bits per heavy atom. The van der Waals surface area contributed by atoms with E-state index in [1.165, 1.54) is 128 Å².